The molecule has 0 spiro atoms. The Bertz CT molecular complexity index is 772. The fourth-order valence-electron chi connectivity index (χ4n) is 3.80. The Morgan fingerprint density at radius 3 is 2.87 bits per heavy atom. The lowest BCUT2D eigenvalue weighted by molar-refractivity contribution is 0.0699. The first kappa shape index (κ1) is 13.3. The van der Waals surface area contributed by atoms with Crippen LogP contribution in [0.15, 0.2) is 0 Å². The number of carbonyl (C=O) groups excluding carboxylic acids is 1. The molecule has 3 aliphatic rings. The average Bonchev–Trinajstić information content (AvgIpc) is 3.20. The monoisotopic (exact) mass is 312 g/mol. The number of aromatic amines is 1. The summed E-state index contributed by atoms with van der Waals surface area (Å²) in [4.78, 5) is 14.7. The van der Waals surface area contributed by atoms with E-state index in [0.29, 0.717) is 24.7 Å². The van der Waals surface area contributed by atoms with Crippen molar-refractivity contribution < 1.29 is 4.79 Å². The zero-order valence-electron chi connectivity index (χ0n) is 13.1. The van der Waals surface area contributed by atoms with Gasteiger partial charge < -0.3 is 9.47 Å². The average molecular weight is 312 g/mol. The third-order valence-corrected chi connectivity index (χ3v) is 5.27. The minimum Gasteiger partial charge on any atom is -0.328 e. The summed E-state index contributed by atoms with van der Waals surface area (Å²) in [7, 11) is 0. The maximum atomic E-state index is 12.9. The molecule has 5 rings (SSSR count). The van der Waals surface area contributed by atoms with Crippen molar-refractivity contribution >= 4 is 5.91 Å². The molecular weight excluding hydrogens is 292 g/mol. The molecule has 1 N–H and O–H groups in total. The maximum Gasteiger partial charge on any atom is 0.275 e. The predicted octanol–water partition coefficient (Wildman–Crippen LogP) is 1.41. The highest BCUT2D eigenvalue weighted by atomic mass is 16.2. The lowest BCUT2D eigenvalue weighted by atomic mass is 9.95. The number of carbonyl (C=O) groups is 1. The Morgan fingerprint density at radius 1 is 1.13 bits per heavy atom. The Labute approximate surface area is 134 Å². The summed E-state index contributed by atoms with van der Waals surface area (Å²) >= 11 is 0. The van der Waals surface area contributed by atoms with Crippen LogP contribution in [0.1, 0.15) is 65.0 Å². The summed E-state index contributed by atoms with van der Waals surface area (Å²) in [5, 5.41) is 16.0. The first-order valence-electron chi connectivity index (χ1n) is 8.58. The summed E-state index contributed by atoms with van der Waals surface area (Å²) in [6, 6.07) is 0. The standard InChI is InChI=1S/C16H20N6O/c23-16(14-11-3-1-2-4-12(11)17-19-14)21-7-8-22-13(9-21)18-20-15(22)10-5-6-10/h10H,1-9H2,(H,17,19). The van der Waals surface area contributed by atoms with Crippen molar-refractivity contribution in [2.45, 2.75) is 57.5 Å². The minimum absolute atomic E-state index is 0.0339. The molecule has 2 aliphatic carbocycles. The van der Waals surface area contributed by atoms with Gasteiger partial charge in [0.15, 0.2) is 11.5 Å². The van der Waals surface area contributed by atoms with Gasteiger partial charge in [0.05, 0.1) is 6.54 Å². The van der Waals surface area contributed by atoms with Crippen LogP contribution in [0.3, 0.4) is 0 Å². The maximum absolute atomic E-state index is 12.9. The molecule has 7 heteroatoms. The molecule has 23 heavy (non-hydrogen) atoms. The van der Waals surface area contributed by atoms with Gasteiger partial charge in [0.2, 0.25) is 0 Å². The molecule has 0 aromatic carbocycles. The minimum atomic E-state index is 0.0339. The van der Waals surface area contributed by atoms with E-state index in [-0.39, 0.29) is 5.91 Å². The van der Waals surface area contributed by atoms with Gasteiger partial charge in [0.25, 0.3) is 5.91 Å². The molecule has 0 bridgehead atoms. The van der Waals surface area contributed by atoms with Gasteiger partial charge in [0, 0.05) is 30.3 Å². The Kier molecular flexibility index (Phi) is 2.83. The number of amides is 1. The van der Waals surface area contributed by atoms with Crippen molar-refractivity contribution in [3.63, 3.8) is 0 Å². The van der Waals surface area contributed by atoms with Crippen molar-refractivity contribution in [3.8, 4) is 0 Å². The largest absolute Gasteiger partial charge is 0.328 e. The highest BCUT2D eigenvalue weighted by Crippen LogP contribution is 2.39. The lowest BCUT2D eigenvalue weighted by Crippen LogP contribution is -2.39. The van der Waals surface area contributed by atoms with Crippen LogP contribution < -0.4 is 0 Å². The summed E-state index contributed by atoms with van der Waals surface area (Å²) in [5.74, 6) is 2.66. The Hall–Kier alpha value is -2.18. The van der Waals surface area contributed by atoms with Crippen molar-refractivity contribution in [1.82, 2.24) is 29.9 Å². The molecule has 7 nitrogen and oxygen atoms in total. The number of hydrogen-bond donors (Lipinski definition) is 1. The van der Waals surface area contributed by atoms with Gasteiger partial charge in [-0.3, -0.25) is 9.89 Å². The van der Waals surface area contributed by atoms with Gasteiger partial charge in [-0.05, 0) is 38.5 Å². The van der Waals surface area contributed by atoms with Crippen molar-refractivity contribution in [2.75, 3.05) is 6.54 Å². The Morgan fingerprint density at radius 2 is 2.00 bits per heavy atom. The van der Waals surface area contributed by atoms with Crippen LogP contribution in [-0.2, 0) is 25.9 Å². The van der Waals surface area contributed by atoms with Gasteiger partial charge in [0.1, 0.15) is 5.82 Å². The number of aromatic nitrogens is 5. The van der Waals surface area contributed by atoms with Crippen molar-refractivity contribution in [1.29, 1.82) is 0 Å². The number of aryl methyl sites for hydroxylation is 1. The van der Waals surface area contributed by atoms with Gasteiger partial charge in [-0.2, -0.15) is 5.10 Å². The molecule has 0 unspecified atom stereocenters. The first-order valence-corrected chi connectivity index (χ1v) is 8.58. The normalized spacial score (nSPS) is 20.3. The highest BCUT2D eigenvalue weighted by Gasteiger charge is 2.34. The molecule has 0 atom stereocenters. The second kappa shape index (κ2) is 4.91. The summed E-state index contributed by atoms with van der Waals surface area (Å²) in [6.45, 7) is 2.05. The van der Waals surface area contributed by atoms with Gasteiger partial charge >= 0.3 is 0 Å². The molecule has 1 fully saturated rings. The molecular formula is C16H20N6O. The van der Waals surface area contributed by atoms with Gasteiger partial charge in [-0.15, -0.1) is 10.2 Å². The van der Waals surface area contributed by atoms with E-state index >= 15 is 0 Å². The number of nitrogens with one attached hydrogen (secondary N) is 1. The van der Waals surface area contributed by atoms with Crippen LogP contribution in [0.25, 0.3) is 0 Å². The van der Waals surface area contributed by atoms with E-state index in [1.807, 2.05) is 4.90 Å². The van der Waals surface area contributed by atoms with E-state index in [4.69, 9.17) is 0 Å². The van der Waals surface area contributed by atoms with E-state index in [1.165, 1.54) is 19.3 Å². The topological polar surface area (TPSA) is 79.7 Å². The van der Waals surface area contributed by atoms with E-state index < -0.39 is 0 Å². The van der Waals surface area contributed by atoms with Crippen LogP contribution >= 0.6 is 0 Å². The zero-order chi connectivity index (χ0) is 15.4. The van der Waals surface area contributed by atoms with Gasteiger partial charge in [-0.1, -0.05) is 0 Å². The zero-order valence-corrected chi connectivity index (χ0v) is 13.1. The third-order valence-electron chi connectivity index (χ3n) is 5.27. The molecule has 2 aromatic heterocycles. The number of rotatable bonds is 2. The SMILES string of the molecule is O=C(c1n[nH]c2c1CCCC2)N1CCn2c(nnc2C2CC2)C1. The van der Waals surface area contributed by atoms with Crippen LogP contribution in [0.4, 0.5) is 0 Å². The van der Waals surface area contributed by atoms with E-state index in [9.17, 15) is 4.79 Å². The number of H-pyrrole nitrogens is 1. The molecule has 1 saturated carbocycles. The van der Waals surface area contributed by atoms with Crippen LogP contribution in [0, 0.1) is 0 Å². The Balaban J connectivity index is 1.40. The molecule has 120 valence electrons. The molecule has 1 amide bonds. The molecule has 3 heterocycles. The number of hydrogen-bond acceptors (Lipinski definition) is 4. The first-order chi connectivity index (χ1) is 11.3. The second-order valence-electron chi connectivity index (χ2n) is 6.86. The van der Waals surface area contributed by atoms with Crippen LogP contribution in [0.5, 0.6) is 0 Å². The fourth-order valence-corrected chi connectivity index (χ4v) is 3.80. The summed E-state index contributed by atoms with van der Waals surface area (Å²) < 4.78 is 2.21. The van der Waals surface area contributed by atoms with Crippen LogP contribution in [-0.4, -0.2) is 42.3 Å². The quantitative estimate of drug-likeness (QED) is 0.909. The predicted molar refractivity (Wildman–Crippen MR) is 82.0 cm³/mol. The molecule has 0 saturated heterocycles. The number of nitrogens with zero attached hydrogens (tertiary/aromatic N) is 5. The smallest absolute Gasteiger partial charge is 0.275 e. The van der Waals surface area contributed by atoms with E-state index in [2.05, 4.69) is 25.0 Å². The summed E-state index contributed by atoms with van der Waals surface area (Å²) in [6.07, 6.45) is 6.74. The molecule has 0 radical (unpaired) electrons. The van der Waals surface area contributed by atoms with Gasteiger partial charge in [-0.25, -0.2) is 0 Å². The van der Waals surface area contributed by atoms with E-state index in [1.54, 1.807) is 0 Å². The molecule has 1 aliphatic heterocycles. The summed E-state index contributed by atoms with van der Waals surface area (Å²) in [5.41, 5.74) is 2.90. The number of fused-ring (bicyclic) bond motifs is 2. The van der Waals surface area contributed by atoms with Crippen molar-refractivity contribution in [2.24, 2.45) is 0 Å². The highest BCUT2D eigenvalue weighted by molar-refractivity contribution is 5.94. The van der Waals surface area contributed by atoms with Crippen LogP contribution in [0.2, 0.25) is 0 Å². The lowest BCUT2D eigenvalue weighted by Gasteiger charge is -2.27. The third kappa shape index (κ3) is 2.09. The second-order valence-corrected chi connectivity index (χ2v) is 6.86. The fraction of sp³-hybridized carbons (Fsp3) is 0.625. The van der Waals surface area contributed by atoms with E-state index in [0.717, 1.165) is 48.7 Å². The molecule has 2 aromatic rings. The van der Waals surface area contributed by atoms with Crippen molar-refractivity contribution in [3.05, 3.63) is 28.6 Å².